The highest BCUT2D eigenvalue weighted by atomic mass is 19.4. The van der Waals surface area contributed by atoms with Crippen LogP contribution in [0.25, 0.3) is 11.1 Å². The van der Waals surface area contributed by atoms with Crippen LogP contribution in [-0.4, -0.2) is 64.5 Å². The summed E-state index contributed by atoms with van der Waals surface area (Å²) < 4.78 is 38.8. The van der Waals surface area contributed by atoms with Crippen molar-refractivity contribution in [3.63, 3.8) is 0 Å². The second-order valence-corrected chi connectivity index (χ2v) is 11.2. The first-order valence-corrected chi connectivity index (χ1v) is 14.3. The number of nitrogens with zero attached hydrogens (tertiary/aromatic N) is 2. The lowest BCUT2D eigenvalue weighted by atomic mass is 9.81. The summed E-state index contributed by atoms with van der Waals surface area (Å²) in [5.41, 5.74) is 1.17. The van der Waals surface area contributed by atoms with E-state index in [-0.39, 0.29) is 24.1 Å². The van der Waals surface area contributed by atoms with Gasteiger partial charge in [0.15, 0.2) is 6.29 Å². The fourth-order valence-corrected chi connectivity index (χ4v) is 6.00. The molecule has 0 bridgehead atoms. The maximum atomic E-state index is 12.9. The SMILES string of the molecule is O=Cc1ccccc1-c1ccc(C2CCC(O)(N3CC[C@@H](NC(=O)CNC(=O)c4cccc(C(F)(F)F)c4)C3)CC2)nc1. The number of aromatic nitrogens is 1. The van der Waals surface area contributed by atoms with Crippen molar-refractivity contribution in [3.8, 4) is 11.1 Å². The lowest BCUT2D eigenvalue weighted by Gasteiger charge is -2.42. The van der Waals surface area contributed by atoms with E-state index in [1.165, 1.54) is 6.07 Å². The van der Waals surface area contributed by atoms with Gasteiger partial charge in [0.1, 0.15) is 5.72 Å². The van der Waals surface area contributed by atoms with Gasteiger partial charge in [-0.2, -0.15) is 13.2 Å². The molecule has 2 amide bonds. The van der Waals surface area contributed by atoms with Crippen LogP contribution in [-0.2, 0) is 11.0 Å². The molecule has 1 aliphatic heterocycles. The number of pyridine rings is 1. The second kappa shape index (κ2) is 12.6. The fraction of sp³-hybridized carbons (Fsp3) is 0.375. The fourth-order valence-electron chi connectivity index (χ4n) is 6.00. The first kappa shape index (κ1) is 30.4. The summed E-state index contributed by atoms with van der Waals surface area (Å²) in [6.45, 7) is 0.688. The normalized spacial score (nSPS) is 22.6. The number of hydrogen-bond acceptors (Lipinski definition) is 6. The molecule has 1 aliphatic carbocycles. The Bertz CT molecular complexity index is 1470. The van der Waals surface area contributed by atoms with Gasteiger partial charge in [-0.1, -0.05) is 36.4 Å². The maximum Gasteiger partial charge on any atom is 0.416 e. The Morgan fingerprint density at radius 2 is 1.81 bits per heavy atom. The first-order valence-electron chi connectivity index (χ1n) is 14.3. The van der Waals surface area contributed by atoms with Crippen LogP contribution in [0.5, 0.6) is 0 Å². The molecule has 1 aromatic heterocycles. The van der Waals surface area contributed by atoms with E-state index in [9.17, 15) is 32.7 Å². The van der Waals surface area contributed by atoms with Crippen LogP contribution < -0.4 is 10.6 Å². The summed E-state index contributed by atoms with van der Waals surface area (Å²) in [6.07, 6.45) is 1.30. The van der Waals surface area contributed by atoms with Crippen molar-refractivity contribution in [1.29, 1.82) is 0 Å². The standard InChI is InChI=1S/C32H33F3N4O4/c33-32(34,35)25-6-3-5-22(16-25)30(42)37-18-29(41)38-26-12-15-39(19-26)31(43)13-10-21(11-14-31)28-9-8-23(17-36-28)27-7-2-1-4-24(27)20-40/h1-9,16-17,20-21,26,43H,10-15,18-19H2,(H,37,42)(H,38,41)/t21?,26-,31?/m1/s1. The van der Waals surface area contributed by atoms with Gasteiger partial charge in [-0.25, -0.2) is 0 Å². The van der Waals surface area contributed by atoms with Gasteiger partial charge in [0.25, 0.3) is 5.91 Å². The zero-order valence-electron chi connectivity index (χ0n) is 23.4. The molecular formula is C32H33F3N4O4. The summed E-state index contributed by atoms with van der Waals surface area (Å²) in [5, 5.41) is 16.7. The Morgan fingerprint density at radius 1 is 1.05 bits per heavy atom. The minimum atomic E-state index is -4.57. The molecule has 2 heterocycles. The third-order valence-electron chi connectivity index (χ3n) is 8.39. The molecule has 5 rings (SSSR count). The molecule has 2 fully saturated rings. The lowest BCUT2D eigenvalue weighted by Crippen LogP contribution is -2.51. The number of aliphatic hydroxyl groups is 1. The highest BCUT2D eigenvalue weighted by Gasteiger charge is 2.42. The van der Waals surface area contributed by atoms with E-state index in [0.29, 0.717) is 37.9 Å². The maximum absolute atomic E-state index is 12.9. The molecule has 0 radical (unpaired) electrons. The monoisotopic (exact) mass is 594 g/mol. The molecule has 226 valence electrons. The molecule has 8 nitrogen and oxygen atoms in total. The molecule has 3 aromatic rings. The van der Waals surface area contributed by atoms with Crippen molar-refractivity contribution in [1.82, 2.24) is 20.5 Å². The third-order valence-corrected chi connectivity index (χ3v) is 8.39. The number of halogens is 3. The molecule has 1 saturated heterocycles. The van der Waals surface area contributed by atoms with Crippen molar-refractivity contribution < 1.29 is 32.7 Å². The van der Waals surface area contributed by atoms with Gasteiger partial charge in [0.2, 0.25) is 5.91 Å². The first-order chi connectivity index (χ1) is 20.6. The molecule has 0 unspecified atom stereocenters. The summed E-state index contributed by atoms with van der Waals surface area (Å²) in [4.78, 5) is 42.8. The van der Waals surface area contributed by atoms with Crippen LogP contribution in [0.3, 0.4) is 0 Å². The van der Waals surface area contributed by atoms with E-state index in [1.807, 2.05) is 35.2 Å². The van der Waals surface area contributed by atoms with Crippen LogP contribution in [0.4, 0.5) is 13.2 Å². The predicted octanol–water partition coefficient (Wildman–Crippen LogP) is 4.55. The van der Waals surface area contributed by atoms with Gasteiger partial charge >= 0.3 is 6.18 Å². The highest BCUT2D eigenvalue weighted by molar-refractivity contribution is 5.96. The Labute approximate surface area is 247 Å². The summed E-state index contributed by atoms with van der Waals surface area (Å²) in [6, 6.07) is 15.1. The number of likely N-dealkylation sites (tertiary alicyclic amines) is 1. The number of carbonyl (C=O) groups excluding carboxylic acids is 3. The molecular weight excluding hydrogens is 561 g/mol. The van der Waals surface area contributed by atoms with Crippen LogP contribution in [0.1, 0.15) is 70.0 Å². The van der Waals surface area contributed by atoms with E-state index >= 15 is 0 Å². The summed E-state index contributed by atoms with van der Waals surface area (Å²) in [7, 11) is 0. The van der Waals surface area contributed by atoms with Crippen LogP contribution in [0, 0.1) is 0 Å². The van der Waals surface area contributed by atoms with E-state index < -0.39 is 29.3 Å². The average molecular weight is 595 g/mol. The topological polar surface area (TPSA) is 112 Å². The van der Waals surface area contributed by atoms with Gasteiger partial charge in [-0.05, 0) is 61.9 Å². The Hall–Kier alpha value is -4.09. The Kier molecular flexibility index (Phi) is 8.93. The number of alkyl halides is 3. The quantitative estimate of drug-likeness (QED) is 0.330. The number of benzene rings is 2. The van der Waals surface area contributed by atoms with Crippen molar-refractivity contribution in [3.05, 3.63) is 89.2 Å². The van der Waals surface area contributed by atoms with Crippen LogP contribution >= 0.6 is 0 Å². The van der Waals surface area contributed by atoms with E-state index in [2.05, 4.69) is 15.6 Å². The zero-order valence-corrected chi connectivity index (χ0v) is 23.4. The molecule has 43 heavy (non-hydrogen) atoms. The number of amides is 2. The molecule has 1 saturated carbocycles. The smallest absolute Gasteiger partial charge is 0.376 e. The van der Waals surface area contributed by atoms with Gasteiger partial charge in [0.05, 0.1) is 12.1 Å². The molecule has 1 atom stereocenters. The van der Waals surface area contributed by atoms with Crippen molar-refractivity contribution >= 4 is 18.1 Å². The summed E-state index contributed by atoms with van der Waals surface area (Å²) in [5.74, 6) is -1.02. The van der Waals surface area contributed by atoms with Gasteiger partial charge < -0.3 is 15.7 Å². The molecule has 11 heteroatoms. The van der Waals surface area contributed by atoms with E-state index in [0.717, 1.165) is 54.1 Å². The molecule has 2 aliphatic rings. The van der Waals surface area contributed by atoms with Crippen molar-refractivity contribution in [2.45, 2.75) is 56.0 Å². The van der Waals surface area contributed by atoms with Crippen LogP contribution in [0.2, 0.25) is 0 Å². The molecule has 0 spiro atoms. The number of carbonyl (C=O) groups is 3. The van der Waals surface area contributed by atoms with Crippen molar-refractivity contribution in [2.75, 3.05) is 19.6 Å². The largest absolute Gasteiger partial charge is 0.416 e. The van der Waals surface area contributed by atoms with Crippen molar-refractivity contribution in [2.24, 2.45) is 0 Å². The Morgan fingerprint density at radius 3 is 2.51 bits per heavy atom. The number of rotatable bonds is 8. The van der Waals surface area contributed by atoms with E-state index in [4.69, 9.17) is 0 Å². The Balaban J connectivity index is 1.08. The number of aldehydes is 1. The zero-order chi connectivity index (χ0) is 30.6. The molecule has 2 aromatic carbocycles. The second-order valence-electron chi connectivity index (χ2n) is 11.2. The summed E-state index contributed by atoms with van der Waals surface area (Å²) >= 11 is 0. The van der Waals surface area contributed by atoms with E-state index in [1.54, 1.807) is 12.3 Å². The minimum Gasteiger partial charge on any atom is -0.376 e. The molecule has 3 N–H and O–H groups in total. The van der Waals surface area contributed by atoms with Gasteiger partial charge in [-0.15, -0.1) is 0 Å². The minimum absolute atomic E-state index is 0.179. The average Bonchev–Trinajstić information content (AvgIpc) is 3.49. The van der Waals surface area contributed by atoms with Crippen LogP contribution in [0.15, 0.2) is 66.9 Å². The van der Waals surface area contributed by atoms with Gasteiger partial charge in [0, 0.05) is 53.6 Å². The lowest BCUT2D eigenvalue weighted by molar-refractivity contribution is -0.137. The van der Waals surface area contributed by atoms with Gasteiger partial charge in [-0.3, -0.25) is 24.3 Å². The number of hydrogen-bond donors (Lipinski definition) is 3. The number of nitrogens with one attached hydrogen (secondary N) is 2. The third kappa shape index (κ3) is 7.11. The predicted molar refractivity (Wildman–Crippen MR) is 153 cm³/mol. The highest BCUT2D eigenvalue weighted by Crippen LogP contribution is 2.40.